The van der Waals surface area contributed by atoms with Gasteiger partial charge in [0.25, 0.3) is 11.1 Å². The second kappa shape index (κ2) is 9.35. The van der Waals surface area contributed by atoms with Crippen LogP contribution >= 0.6 is 23.2 Å². The second-order valence-corrected chi connectivity index (χ2v) is 7.74. The number of ether oxygens (including phenoxy) is 1. The standard InChI is InChI=1S/C22H12Cl2FN5O4/c23-16-7-14(30-22(33)27-21(32)18(9-26)28-30)8-17(24)20(16)34-15-5-6-19(31)29(11-15)10-12-1-3-13(25)4-2-12/h1-8,11H,10H2,(H,27,32,33). The number of H-pyrrole nitrogens is 1. The summed E-state index contributed by atoms with van der Waals surface area (Å²) in [6.45, 7) is 0.179. The van der Waals surface area contributed by atoms with Crippen LogP contribution in [0.3, 0.4) is 0 Å². The fourth-order valence-electron chi connectivity index (χ4n) is 3.01. The maximum Gasteiger partial charge on any atom is 0.349 e. The number of benzene rings is 2. The quantitative estimate of drug-likeness (QED) is 0.449. The summed E-state index contributed by atoms with van der Waals surface area (Å²) in [5, 5.41) is 12.7. The van der Waals surface area contributed by atoms with Crippen molar-refractivity contribution in [2.75, 3.05) is 0 Å². The highest BCUT2D eigenvalue weighted by molar-refractivity contribution is 6.37. The van der Waals surface area contributed by atoms with Crippen molar-refractivity contribution in [2.24, 2.45) is 0 Å². The number of nitrogens with zero attached hydrogens (tertiary/aromatic N) is 4. The summed E-state index contributed by atoms with van der Waals surface area (Å²) in [7, 11) is 0. The van der Waals surface area contributed by atoms with E-state index >= 15 is 0 Å². The molecule has 0 radical (unpaired) electrons. The molecular weight excluding hydrogens is 488 g/mol. The Bertz CT molecular complexity index is 1600. The lowest BCUT2D eigenvalue weighted by molar-refractivity contribution is 0.474. The molecule has 0 fully saturated rings. The zero-order valence-corrected chi connectivity index (χ0v) is 18.5. The predicted octanol–water partition coefficient (Wildman–Crippen LogP) is 3.24. The number of rotatable bonds is 5. The maximum absolute atomic E-state index is 13.1. The Morgan fingerprint density at radius 2 is 1.74 bits per heavy atom. The molecule has 0 amide bonds. The van der Waals surface area contributed by atoms with Crippen molar-refractivity contribution in [1.82, 2.24) is 19.3 Å². The normalized spacial score (nSPS) is 10.6. The Morgan fingerprint density at radius 3 is 2.38 bits per heavy atom. The van der Waals surface area contributed by atoms with E-state index in [0.717, 1.165) is 4.68 Å². The first-order valence-corrected chi connectivity index (χ1v) is 10.3. The van der Waals surface area contributed by atoms with Gasteiger partial charge in [-0.25, -0.2) is 9.18 Å². The summed E-state index contributed by atoms with van der Waals surface area (Å²) < 4.78 is 21.0. The molecule has 2 heterocycles. The van der Waals surface area contributed by atoms with Crippen molar-refractivity contribution in [2.45, 2.75) is 6.54 Å². The third-order valence-electron chi connectivity index (χ3n) is 4.60. The smallest absolute Gasteiger partial charge is 0.349 e. The summed E-state index contributed by atoms with van der Waals surface area (Å²) in [5.41, 5.74) is -1.84. The number of aromatic amines is 1. The van der Waals surface area contributed by atoms with Crippen molar-refractivity contribution >= 4 is 23.2 Å². The third-order valence-corrected chi connectivity index (χ3v) is 5.17. The fourth-order valence-corrected chi connectivity index (χ4v) is 3.56. The van der Waals surface area contributed by atoms with Crippen LogP contribution in [0, 0.1) is 17.1 Å². The zero-order chi connectivity index (χ0) is 24.4. The predicted molar refractivity (Wildman–Crippen MR) is 121 cm³/mol. The monoisotopic (exact) mass is 499 g/mol. The van der Waals surface area contributed by atoms with Crippen LogP contribution in [0.1, 0.15) is 11.3 Å². The lowest BCUT2D eigenvalue weighted by Gasteiger charge is -2.13. The minimum Gasteiger partial charge on any atom is -0.453 e. The Labute approximate surface area is 199 Å². The van der Waals surface area contributed by atoms with Gasteiger partial charge in [-0.2, -0.15) is 9.94 Å². The summed E-state index contributed by atoms with van der Waals surface area (Å²) in [6.07, 6.45) is 1.44. The number of nitriles is 1. The highest BCUT2D eigenvalue weighted by Crippen LogP contribution is 2.37. The SMILES string of the molecule is N#Cc1nn(-c2cc(Cl)c(Oc3ccc(=O)n(Cc4ccc(F)cc4)c3)c(Cl)c2)c(=O)[nH]c1=O. The van der Waals surface area contributed by atoms with E-state index in [0.29, 0.717) is 5.56 Å². The van der Waals surface area contributed by atoms with E-state index in [4.69, 9.17) is 33.2 Å². The van der Waals surface area contributed by atoms with Gasteiger partial charge in [0, 0.05) is 6.07 Å². The van der Waals surface area contributed by atoms with Crippen molar-refractivity contribution in [3.8, 4) is 23.3 Å². The maximum atomic E-state index is 13.1. The highest BCUT2D eigenvalue weighted by atomic mass is 35.5. The molecule has 0 aliphatic rings. The van der Waals surface area contributed by atoms with Crippen LogP contribution in [0.2, 0.25) is 10.0 Å². The molecule has 4 aromatic rings. The Kier molecular flexibility index (Phi) is 6.32. The van der Waals surface area contributed by atoms with Gasteiger partial charge < -0.3 is 9.30 Å². The van der Waals surface area contributed by atoms with Gasteiger partial charge in [-0.3, -0.25) is 14.6 Å². The van der Waals surface area contributed by atoms with Crippen LogP contribution in [0.15, 0.2) is 69.1 Å². The molecule has 0 unspecified atom stereocenters. The van der Waals surface area contributed by atoms with Crippen molar-refractivity contribution in [3.63, 3.8) is 0 Å². The van der Waals surface area contributed by atoms with Gasteiger partial charge in [-0.05, 0) is 35.9 Å². The topological polar surface area (TPSA) is 123 Å². The molecule has 0 aliphatic carbocycles. The molecular formula is C22H12Cl2FN5O4. The molecule has 0 atom stereocenters. The van der Waals surface area contributed by atoms with Gasteiger partial charge in [-0.15, -0.1) is 5.10 Å². The van der Waals surface area contributed by atoms with Crippen LogP contribution in [0.5, 0.6) is 11.5 Å². The molecule has 4 rings (SSSR count). The number of pyridine rings is 1. The van der Waals surface area contributed by atoms with Gasteiger partial charge in [0.15, 0.2) is 5.75 Å². The molecule has 9 nitrogen and oxygen atoms in total. The van der Waals surface area contributed by atoms with E-state index in [2.05, 4.69) is 5.10 Å². The Balaban J connectivity index is 1.66. The van der Waals surface area contributed by atoms with Crippen molar-refractivity contribution in [1.29, 1.82) is 5.26 Å². The van der Waals surface area contributed by atoms with Crippen LogP contribution in [-0.4, -0.2) is 19.3 Å². The van der Waals surface area contributed by atoms with E-state index in [1.54, 1.807) is 18.2 Å². The summed E-state index contributed by atoms with van der Waals surface area (Å²) >= 11 is 12.6. The second-order valence-electron chi connectivity index (χ2n) is 6.93. The molecule has 0 saturated carbocycles. The lowest BCUT2D eigenvalue weighted by Crippen LogP contribution is -2.33. The van der Waals surface area contributed by atoms with Gasteiger partial charge in [0.2, 0.25) is 5.69 Å². The fraction of sp³-hybridized carbons (Fsp3) is 0.0455. The minimum absolute atomic E-state index is 0.00260. The number of hydrogen-bond acceptors (Lipinski definition) is 6. The van der Waals surface area contributed by atoms with Gasteiger partial charge in [-0.1, -0.05) is 35.3 Å². The molecule has 2 aromatic carbocycles. The first kappa shape index (κ1) is 23.0. The first-order valence-electron chi connectivity index (χ1n) is 9.51. The highest BCUT2D eigenvalue weighted by Gasteiger charge is 2.15. The molecule has 0 bridgehead atoms. The molecule has 34 heavy (non-hydrogen) atoms. The van der Waals surface area contributed by atoms with E-state index in [9.17, 15) is 18.8 Å². The first-order chi connectivity index (χ1) is 16.2. The molecule has 0 aliphatic heterocycles. The van der Waals surface area contributed by atoms with Crippen LogP contribution < -0.4 is 21.5 Å². The summed E-state index contributed by atoms with van der Waals surface area (Å²) in [6, 6.07) is 12.6. The molecule has 1 N–H and O–H groups in total. The molecule has 0 spiro atoms. The van der Waals surface area contributed by atoms with Crippen molar-refractivity contribution < 1.29 is 9.13 Å². The lowest BCUT2D eigenvalue weighted by atomic mass is 10.2. The van der Waals surface area contributed by atoms with Gasteiger partial charge >= 0.3 is 5.69 Å². The largest absolute Gasteiger partial charge is 0.453 e. The average Bonchev–Trinajstić information content (AvgIpc) is 2.80. The molecule has 12 heteroatoms. The van der Waals surface area contributed by atoms with E-state index < -0.39 is 16.9 Å². The van der Waals surface area contributed by atoms with Gasteiger partial charge in [0.1, 0.15) is 17.6 Å². The van der Waals surface area contributed by atoms with E-state index in [1.807, 2.05) is 4.98 Å². The summed E-state index contributed by atoms with van der Waals surface area (Å²) in [4.78, 5) is 37.9. The van der Waals surface area contributed by atoms with Crippen LogP contribution in [-0.2, 0) is 6.54 Å². The molecule has 2 aromatic heterocycles. The minimum atomic E-state index is -0.920. The molecule has 170 valence electrons. The number of hydrogen-bond donors (Lipinski definition) is 1. The van der Waals surface area contributed by atoms with Crippen LogP contribution in [0.4, 0.5) is 4.39 Å². The third kappa shape index (κ3) is 4.76. The molecule has 0 saturated heterocycles. The average molecular weight is 500 g/mol. The van der Waals surface area contributed by atoms with Crippen molar-refractivity contribution in [3.05, 3.63) is 113 Å². The number of halogens is 3. The Hall–Kier alpha value is -4.20. The Morgan fingerprint density at radius 1 is 1.06 bits per heavy atom. The van der Waals surface area contributed by atoms with Gasteiger partial charge in [0.05, 0.1) is 28.5 Å². The summed E-state index contributed by atoms with van der Waals surface area (Å²) in [5.74, 6) is -0.106. The zero-order valence-electron chi connectivity index (χ0n) is 17.0. The van der Waals surface area contributed by atoms with E-state index in [1.165, 1.54) is 47.2 Å². The number of nitrogens with one attached hydrogen (secondary N) is 1. The van der Waals surface area contributed by atoms with E-state index in [-0.39, 0.29) is 45.2 Å². The van der Waals surface area contributed by atoms with Crippen LogP contribution in [0.25, 0.3) is 5.69 Å². The number of aromatic nitrogens is 4.